The number of aromatic nitrogens is 3. The Kier molecular flexibility index (Phi) is 5.36. The van der Waals surface area contributed by atoms with E-state index in [1.54, 1.807) is 43.2 Å². The molecule has 0 spiro atoms. The molecule has 2 heterocycles. The van der Waals surface area contributed by atoms with Crippen molar-refractivity contribution in [1.29, 1.82) is 0 Å². The quantitative estimate of drug-likeness (QED) is 0.796. The third-order valence-electron chi connectivity index (χ3n) is 4.00. The maximum Gasteiger partial charge on any atom is 0.216 e. The van der Waals surface area contributed by atoms with E-state index in [0.29, 0.717) is 36.0 Å². The summed E-state index contributed by atoms with van der Waals surface area (Å²) in [6.45, 7) is 1.05. The summed E-state index contributed by atoms with van der Waals surface area (Å²) >= 11 is 0. The Balaban J connectivity index is 1.75. The fourth-order valence-electron chi connectivity index (χ4n) is 2.94. The zero-order valence-electron chi connectivity index (χ0n) is 14.3. The lowest BCUT2D eigenvalue weighted by Crippen LogP contribution is -2.34. The van der Waals surface area contributed by atoms with Gasteiger partial charge in [-0.2, -0.15) is 5.10 Å². The number of nitrogens with one attached hydrogen (secondary N) is 1. The van der Waals surface area contributed by atoms with Gasteiger partial charge in [-0.15, -0.1) is 0 Å². The maximum atomic E-state index is 12.6. The monoisotopic (exact) mass is 366 g/mol. The Morgan fingerprint density at radius 1 is 1.36 bits per heavy atom. The Morgan fingerprint density at radius 3 is 2.96 bits per heavy atom. The van der Waals surface area contributed by atoms with Gasteiger partial charge in [0.05, 0.1) is 18.9 Å². The zero-order chi connectivity index (χ0) is 17.9. The van der Waals surface area contributed by atoms with Crippen LogP contribution in [0.25, 0.3) is 0 Å². The van der Waals surface area contributed by atoms with Crippen LogP contribution in [0.2, 0.25) is 0 Å². The van der Waals surface area contributed by atoms with E-state index in [1.165, 1.54) is 0 Å². The van der Waals surface area contributed by atoms with Crippen LogP contribution in [0.1, 0.15) is 36.1 Å². The van der Waals surface area contributed by atoms with Gasteiger partial charge in [-0.1, -0.05) is 12.1 Å². The lowest BCUT2D eigenvalue weighted by molar-refractivity contribution is 0.177. The number of fused-ring (bicyclic) bond motifs is 1. The van der Waals surface area contributed by atoms with Crippen molar-refractivity contribution < 1.29 is 17.9 Å². The highest BCUT2D eigenvalue weighted by molar-refractivity contribution is 7.88. The predicted molar refractivity (Wildman–Crippen MR) is 91.5 cm³/mol. The van der Waals surface area contributed by atoms with Crippen LogP contribution in [0.15, 0.2) is 24.3 Å². The van der Waals surface area contributed by atoms with Crippen molar-refractivity contribution in [2.24, 2.45) is 0 Å². The molecule has 3 rings (SSSR count). The first-order chi connectivity index (χ1) is 12.0. The molecule has 1 aromatic carbocycles. The van der Waals surface area contributed by atoms with Crippen molar-refractivity contribution in [3.63, 3.8) is 0 Å². The molecule has 1 aromatic heterocycles. The smallest absolute Gasteiger partial charge is 0.216 e. The first-order valence-corrected chi connectivity index (χ1v) is 9.71. The number of aryl methyl sites for hydroxylation is 1. The summed E-state index contributed by atoms with van der Waals surface area (Å²) < 4.78 is 39.9. The largest absolute Gasteiger partial charge is 0.497 e. The van der Waals surface area contributed by atoms with E-state index in [2.05, 4.69) is 14.8 Å². The lowest BCUT2D eigenvalue weighted by atomic mass is 10.1. The van der Waals surface area contributed by atoms with Crippen LogP contribution in [-0.4, -0.2) is 37.4 Å². The van der Waals surface area contributed by atoms with Crippen LogP contribution in [-0.2, 0) is 33.7 Å². The first kappa shape index (κ1) is 17.8. The molecule has 136 valence electrons. The summed E-state index contributed by atoms with van der Waals surface area (Å²) in [6.07, 6.45) is 1.54. The highest BCUT2D eigenvalue weighted by Gasteiger charge is 2.28. The van der Waals surface area contributed by atoms with E-state index in [4.69, 9.17) is 9.47 Å². The summed E-state index contributed by atoms with van der Waals surface area (Å²) in [7, 11) is -0.391. The van der Waals surface area contributed by atoms with Crippen LogP contribution < -0.4 is 9.46 Å². The molecule has 0 saturated heterocycles. The third kappa shape index (κ3) is 4.36. The van der Waals surface area contributed by atoms with Gasteiger partial charge in [0.1, 0.15) is 18.2 Å². The molecular weight excluding hydrogens is 344 g/mol. The highest BCUT2D eigenvalue weighted by atomic mass is 32.2. The second-order valence-electron chi connectivity index (χ2n) is 5.97. The molecule has 0 amide bonds. The molecule has 1 aliphatic heterocycles. The van der Waals surface area contributed by atoms with Gasteiger partial charge in [-0.25, -0.2) is 22.8 Å². The second-order valence-corrected chi connectivity index (χ2v) is 7.72. The molecule has 0 bridgehead atoms. The van der Waals surface area contributed by atoms with Gasteiger partial charge in [-0.3, -0.25) is 0 Å². The van der Waals surface area contributed by atoms with Gasteiger partial charge in [0.15, 0.2) is 5.82 Å². The molecule has 2 aromatic rings. The number of methoxy groups -OCH3 is 2. The predicted octanol–water partition coefficient (Wildman–Crippen LogP) is 1.39. The Hall–Kier alpha value is -1.97. The molecule has 0 radical (unpaired) electrons. The molecule has 0 unspecified atom stereocenters. The molecular formula is C16H22N4O4S. The van der Waals surface area contributed by atoms with Gasteiger partial charge in [0, 0.05) is 13.7 Å². The van der Waals surface area contributed by atoms with E-state index < -0.39 is 10.0 Å². The number of benzene rings is 1. The van der Waals surface area contributed by atoms with Crippen molar-refractivity contribution in [3.05, 3.63) is 41.5 Å². The average molecular weight is 366 g/mol. The molecule has 1 aliphatic rings. The van der Waals surface area contributed by atoms with Crippen molar-refractivity contribution in [2.75, 3.05) is 14.2 Å². The van der Waals surface area contributed by atoms with E-state index in [-0.39, 0.29) is 11.8 Å². The van der Waals surface area contributed by atoms with Crippen molar-refractivity contribution in [3.8, 4) is 5.75 Å². The number of hydrogen-bond acceptors (Lipinski definition) is 6. The number of sulfonamides is 1. The minimum absolute atomic E-state index is 0.111. The summed E-state index contributed by atoms with van der Waals surface area (Å²) in [5, 5.41) is 4.36. The van der Waals surface area contributed by atoms with Gasteiger partial charge >= 0.3 is 0 Å². The molecule has 0 aliphatic carbocycles. The van der Waals surface area contributed by atoms with Crippen LogP contribution >= 0.6 is 0 Å². The van der Waals surface area contributed by atoms with Gasteiger partial charge < -0.3 is 9.47 Å². The Bertz CT molecular complexity index is 834. The van der Waals surface area contributed by atoms with Gasteiger partial charge in [-0.05, 0) is 30.5 Å². The fourth-order valence-corrected chi connectivity index (χ4v) is 4.30. The Morgan fingerprint density at radius 2 is 2.20 bits per heavy atom. The highest BCUT2D eigenvalue weighted by Crippen LogP contribution is 2.25. The van der Waals surface area contributed by atoms with Crippen LogP contribution in [0, 0.1) is 0 Å². The van der Waals surface area contributed by atoms with Crippen LogP contribution in [0.4, 0.5) is 0 Å². The number of hydrogen-bond donors (Lipinski definition) is 1. The number of ether oxygens (including phenoxy) is 2. The summed E-state index contributed by atoms with van der Waals surface area (Å²) in [4.78, 5) is 4.42. The van der Waals surface area contributed by atoms with E-state index in [0.717, 1.165) is 13.0 Å². The molecule has 1 atom stereocenters. The average Bonchev–Trinajstić information content (AvgIpc) is 2.98. The number of nitrogens with zero attached hydrogens (tertiary/aromatic N) is 3. The second kappa shape index (κ2) is 7.51. The maximum absolute atomic E-state index is 12.6. The van der Waals surface area contributed by atoms with Crippen LogP contribution in [0.3, 0.4) is 0 Å². The van der Waals surface area contributed by atoms with Crippen molar-refractivity contribution in [2.45, 2.75) is 37.8 Å². The minimum Gasteiger partial charge on any atom is -0.497 e. The van der Waals surface area contributed by atoms with E-state index >= 15 is 0 Å². The zero-order valence-corrected chi connectivity index (χ0v) is 15.1. The summed E-state index contributed by atoms with van der Waals surface area (Å²) in [5.74, 6) is 1.73. The van der Waals surface area contributed by atoms with E-state index in [1.807, 2.05) is 0 Å². The van der Waals surface area contributed by atoms with Crippen LogP contribution in [0.5, 0.6) is 5.75 Å². The van der Waals surface area contributed by atoms with Crippen molar-refractivity contribution in [1.82, 2.24) is 19.5 Å². The summed E-state index contributed by atoms with van der Waals surface area (Å²) in [5.41, 5.74) is 0.671. The molecule has 0 fully saturated rings. The number of rotatable bonds is 7. The first-order valence-electron chi connectivity index (χ1n) is 8.06. The normalized spacial score (nSPS) is 17.3. The van der Waals surface area contributed by atoms with Gasteiger partial charge in [0.2, 0.25) is 10.0 Å². The SMILES string of the molecule is COCc1nc2n(n1)CCC[C@H]2NS(=O)(=O)Cc1cccc(OC)c1. The molecule has 25 heavy (non-hydrogen) atoms. The third-order valence-corrected chi connectivity index (χ3v) is 5.36. The molecule has 1 N–H and O–H groups in total. The lowest BCUT2D eigenvalue weighted by Gasteiger charge is -2.23. The topological polar surface area (TPSA) is 95.3 Å². The summed E-state index contributed by atoms with van der Waals surface area (Å²) in [6, 6.07) is 6.67. The standard InChI is InChI=1S/C16H22N4O4S/c1-23-10-15-17-16-14(7-4-8-20(16)18-15)19-25(21,22)11-12-5-3-6-13(9-12)24-2/h3,5-6,9,14,19H,4,7-8,10-11H2,1-2H3/t14-/m1/s1. The minimum atomic E-state index is -3.52. The van der Waals surface area contributed by atoms with Gasteiger partial charge in [0.25, 0.3) is 0 Å². The van der Waals surface area contributed by atoms with Crippen molar-refractivity contribution >= 4 is 10.0 Å². The molecule has 9 heteroatoms. The van der Waals surface area contributed by atoms with E-state index in [9.17, 15) is 8.42 Å². The molecule has 8 nitrogen and oxygen atoms in total. The molecule has 0 saturated carbocycles. The fraction of sp³-hybridized carbons (Fsp3) is 0.500. The Labute approximate surface area is 147 Å².